The van der Waals surface area contributed by atoms with Crippen molar-refractivity contribution < 1.29 is 0 Å². The fraction of sp³-hybridized carbons (Fsp3) is 1.00. The first-order valence-electron chi connectivity index (χ1n) is 3.04. The third-order valence-electron chi connectivity index (χ3n) is 1.93. The molecule has 2 heteroatoms. The quantitative estimate of drug-likeness (QED) is 0.488. The Balaban J connectivity index is 0. The molecule has 0 N–H and O–H groups in total. The maximum Gasteiger partial charge on any atom is -0.0158 e. The number of rotatable bonds is 0. The fourth-order valence-corrected chi connectivity index (χ4v) is 0. The lowest BCUT2D eigenvalue weighted by Gasteiger charge is -2.34. The summed E-state index contributed by atoms with van der Waals surface area (Å²) in [5.41, 5.74) is 0.400. The van der Waals surface area contributed by atoms with E-state index in [1.54, 1.807) is 0 Å². The molecule has 0 aliphatic carbocycles. The molecule has 58 valence electrons. The zero-order valence-corrected chi connectivity index (χ0v) is 8.96. The van der Waals surface area contributed by atoms with Gasteiger partial charge in [0.1, 0.15) is 0 Å². The van der Waals surface area contributed by atoms with Crippen LogP contribution in [-0.2, 0) is 0 Å². The lowest BCUT2D eigenvalue weighted by Crippen LogP contribution is -2.29. The fourth-order valence-electron chi connectivity index (χ4n) is 0. The molecule has 0 bridgehead atoms. The maximum atomic E-state index is 2.86. The second-order valence-electron chi connectivity index (χ2n) is 3.97. The van der Waals surface area contributed by atoms with Crippen molar-refractivity contribution >= 4 is 21.6 Å². The van der Waals surface area contributed by atoms with Crippen LogP contribution in [-0.4, -0.2) is 5.16 Å². The second kappa shape index (κ2) is 3.21. The summed E-state index contributed by atoms with van der Waals surface area (Å²) in [6.45, 7) is 11.2. The molecule has 1 atom stereocenters. The molecule has 0 radical (unpaired) electrons. The predicted molar refractivity (Wildman–Crippen MR) is 50.5 cm³/mol. The van der Waals surface area contributed by atoms with Gasteiger partial charge in [0.25, 0.3) is 0 Å². The highest BCUT2D eigenvalue weighted by atomic mass is 35.5. The van der Waals surface area contributed by atoms with Gasteiger partial charge < -0.3 is 0 Å². The van der Waals surface area contributed by atoms with E-state index in [9.17, 15) is 0 Å². The molecule has 0 aromatic rings. The first-order valence-corrected chi connectivity index (χ1v) is 3.62. The molecular weight excluding hydrogens is 151 g/mol. The molecule has 0 spiro atoms. The third-order valence-corrected chi connectivity index (χ3v) is 2.80. The molecule has 0 aliphatic heterocycles. The highest BCUT2D eigenvalue weighted by Gasteiger charge is 2.27. The number of hydrogen-bond acceptors (Lipinski definition) is 0. The topological polar surface area (TPSA) is 0 Å². The van der Waals surface area contributed by atoms with E-state index < -0.39 is 0 Å². The molecule has 9 heavy (non-hydrogen) atoms. The van der Waals surface area contributed by atoms with Crippen LogP contribution in [0.2, 0.25) is 0 Å². The average molecular weight is 169 g/mol. The van der Waals surface area contributed by atoms with Gasteiger partial charge in [-0.1, -0.05) is 34.6 Å². The highest BCUT2D eigenvalue weighted by molar-refractivity contribution is 7.18. The van der Waals surface area contributed by atoms with E-state index in [1.807, 2.05) is 0 Å². The summed E-state index contributed by atoms with van der Waals surface area (Å²) < 4.78 is 0. The van der Waals surface area contributed by atoms with E-state index in [-0.39, 0.29) is 12.4 Å². The Hall–Kier alpha value is 0.720. The Morgan fingerprint density at radius 2 is 1.00 bits per heavy atom. The maximum absolute atomic E-state index is 2.86. The minimum Gasteiger partial charge on any atom is -0.147 e. The first-order chi connectivity index (χ1) is 3.25. The highest BCUT2D eigenvalue weighted by Crippen LogP contribution is 2.36. The molecule has 0 amide bonds. The Labute approximate surface area is 67.4 Å². The second-order valence-corrected chi connectivity index (χ2v) is 5.42. The molecule has 0 fully saturated rings. The van der Waals surface area contributed by atoms with Crippen LogP contribution in [0.25, 0.3) is 0 Å². The zero-order chi connectivity index (χ0) is 7.00. The summed E-state index contributed by atoms with van der Waals surface area (Å²) in [6.07, 6.45) is 0. The van der Waals surface area contributed by atoms with E-state index in [2.05, 4.69) is 43.9 Å². The summed E-state index contributed by atoms with van der Waals surface area (Å²) in [5.74, 6) is 0. The van der Waals surface area contributed by atoms with Crippen molar-refractivity contribution in [2.24, 2.45) is 5.41 Å². The van der Waals surface area contributed by atoms with Crippen molar-refractivity contribution in [3.8, 4) is 0 Å². The molecular formula is C7H18ClP. The van der Waals surface area contributed by atoms with Gasteiger partial charge in [-0.3, -0.25) is 0 Å². The van der Waals surface area contributed by atoms with Gasteiger partial charge in [0.15, 0.2) is 0 Å². The van der Waals surface area contributed by atoms with Crippen molar-refractivity contribution in [1.29, 1.82) is 0 Å². The van der Waals surface area contributed by atoms with Crippen LogP contribution >= 0.6 is 21.6 Å². The van der Waals surface area contributed by atoms with Crippen molar-refractivity contribution in [2.45, 2.75) is 39.8 Å². The van der Waals surface area contributed by atoms with E-state index >= 15 is 0 Å². The molecule has 0 aromatic carbocycles. The van der Waals surface area contributed by atoms with Crippen molar-refractivity contribution in [1.82, 2.24) is 0 Å². The van der Waals surface area contributed by atoms with Crippen molar-refractivity contribution in [2.75, 3.05) is 0 Å². The summed E-state index contributed by atoms with van der Waals surface area (Å²) in [4.78, 5) is 0. The van der Waals surface area contributed by atoms with Crippen LogP contribution in [0.15, 0.2) is 0 Å². The standard InChI is InChI=1S/C7H17P.ClH/c1-6(2,3)7(4,5)8;/h8H2,1-5H3;1H. The van der Waals surface area contributed by atoms with Crippen LogP contribution in [0, 0.1) is 5.41 Å². The van der Waals surface area contributed by atoms with Gasteiger partial charge >= 0.3 is 0 Å². The molecule has 1 unspecified atom stereocenters. The van der Waals surface area contributed by atoms with Crippen LogP contribution in [0.1, 0.15) is 34.6 Å². The summed E-state index contributed by atoms with van der Waals surface area (Å²) >= 11 is 0. The molecule has 0 nitrogen and oxygen atoms in total. The van der Waals surface area contributed by atoms with Gasteiger partial charge in [0.05, 0.1) is 0 Å². The predicted octanol–water partition coefficient (Wildman–Crippen LogP) is 3.11. The zero-order valence-electron chi connectivity index (χ0n) is 6.99. The van der Waals surface area contributed by atoms with Crippen molar-refractivity contribution in [3.05, 3.63) is 0 Å². The van der Waals surface area contributed by atoms with Gasteiger partial charge in [0, 0.05) is 0 Å². The van der Waals surface area contributed by atoms with E-state index in [0.717, 1.165) is 0 Å². The van der Waals surface area contributed by atoms with Crippen LogP contribution in [0.3, 0.4) is 0 Å². The lowest BCUT2D eigenvalue weighted by molar-refractivity contribution is 0.319. The van der Waals surface area contributed by atoms with Crippen molar-refractivity contribution in [3.63, 3.8) is 0 Å². The van der Waals surface area contributed by atoms with Crippen LogP contribution < -0.4 is 0 Å². The summed E-state index contributed by atoms with van der Waals surface area (Å²) in [5, 5.41) is 0.354. The summed E-state index contributed by atoms with van der Waals surface area (Å²) in [6, 6.07) is 0. The summed E-state index contributed by atoms with van der Waals surface area (Å²) in [7, 11) is 2.86. The Bertz CT molecular complexity index is 63.9. The largest absolute Gasteiger partial charge is 0.147 e. The monoisotopic (exact) mass is 168 g/mol. The van der Waals surface area contributed by atoms with Crippen LogP contribution in [0.5, 0.6) is 0 Å². The molecule has 0 saturated heterocycles. The normalized spacial score (nSPS) is 12.7. The van der Waals surface area contributed by atoms with Gasteiger partial charge in [0.2, 0.25) is 0 Å². The molecule has 0 saturated carbocycles. The third kappa shape index (κ3) is 4.17. The Morgan fingerprint density at radius 1 is 0.889 bits per heavy atom. The first kappa shape index (κ1) is 12.4. The number of halogens is 1. The van der Waals surface area contributed by atoms with Gasteiger partial charge in [-0.2, -0.15) is 0 Å². The molecule has 0 rings (SSSR count). The number of hydrogen-bond donors (Lipinski definition) is 0. The van der Waals surface area contributed by atoms with E-state index in [0.29, 0.717) is 10.6 Å². The van der Waals surface area contributed by atoms with Crippen LogP contribution in [0.4, 0.5) is 0 Å². The average Bonchev–Trinajstić information content (AvgIpc) is 1.25. The lowest BCUT2D eigenvalue weighted by atomic mass is 9.82. The molecule has 0 aliphatic rings. The SMILES string of the molecule is CC(C)(C)C(C)(C)P.Cl. The molecule has 0 aromatic heterocycles. The van der Waals surface area contributed by atoms with E-state index in [1.165, 1.54) is 0 Å². The minimum atomic E-state index is 0. The smallest absolute Gasteiger partial charge is 0.0158 e. The van der Waals surface area contributed by atoms with E-state index in [4.69, 9.17) is 0 Å². The van der Waals surface area contributed by atoms with Gasteiger partial charge in [-0.25, -0.2) is 0 Å². The molecule has 0 heterocycles. The Morgan fingerprint density at radius 3 is 1.00 bits per heavy atom. The van der Waals surface area contributed by atoms with Gasteiger partial charge in [-0.15, -0.1) is 21.6 Å². The van der Waals surface area contributed by atoms with Gasteiger partial charge in [-0.05, 0) is 10.6 Å². The Kier molecular flexibility index (Phi) is 4.43. The minimum absolute atomic E-state index is 0.